The second kappa shape index (κ2) is 5.73. The Bertz CT molecular complexity index is 628. The number of carbonyl (C=O) groups excluding carboxylic acids is 1. The van der Waals surface area contributed by atoms with E-state index in [1.807, 2.05) is 36.4 Å². The average molecular weight is 287 g/mol. The van der Waals surface area contributed by atoms with Gasteiger partial charge in [-0.2, -0.15) is 0 Å². The van der Waals surface area contributed by atoms with Crippen molar-refractivity contribution in [3.8, 4) is 0 Å². The van der Waals surface area contributed by atoms with Crippen molar-refractivity contribution in [2.24, 2.45) is 0 Å². The fourth-order valence-electron chi connectivity index (χ4n) is 2.50. The van der Waals surface area contributed by atoms with Gasteiger partial charge < -0.3 is 5.32 Å². The number of pyridine rings is 1. The Labute approximate surface area is 123 Å². The van der Waals surface area contributed by atoms with E-state index >= 15 is 0 Å². The summed E-state index contributed by atoms with van der Waals surface area (Å²) in [6.45, 7) is 0.690. The van der Waals surface area contributed by atoms with E-state index in [-0.39, 0.29) is 11.8 Å². The normalized spacial score (nSPS) is 18.4. The average Bonchev–Trinajstić information content (AvgIpc) is 2.59. The van der Waals surface area contributed by atoms with Crippen LogP contribution in [0, 0.1) is 0 Å². The molecule has 3 rings (SSSR count). The summed E-state index contributed by atoms with van der Waals surface area (Å²) in [5.41, 5.74) is 3.10. The highest BCUT2D eigenvalue weighted by atomic mass is 35.5. The van der Waals surface area contributed by atoms with Gasteiger partial charge in [0.1, 0.15) is 0 Å². The molecule has 1 aromatic carbocycles. The summed E-state index contributed by atoms with van der Waals surface area (Å²) in [7, 11) is 0. The molecular formula is C16H15ClN2O. The van der Waals surface area contributed by atoms with Gasteiger partial charge in [0.25, 0.3) is 0 Å². The van der Waals surface area contributed by atoms with Gasteiger partial charge in [-0.3, -0.25) is 9.78 Å². The molecule has 1 atom stereocenters. The number of hydrogen-bond donors (Lipinski definition) is 1. The number of aromatic nitrogens is 1. The van der Waals surface area contributed by atoms with Crippen LogP contribution in [0.15, 0.2) is 42.6 Å². The fraction of sp³-hybridized carbons (Fsp3) is 0.250. The zero-order valence-corrected chi connectivity index (χ0v) is 11.7. The minimum Gasteiger partial charge on any atom is -0.303 e. The first-order chi connectivity index (χ1) is 9.72. The van der Waals surface area contributed by atoms with Crippen molar-refractivity contribution < 1.29 is 4.79 Å². The van der Waals surface area contributed by atoms with Crippen LogP contribution < -0.4 is 5.32 Å². The Morgan fingerprint density at radius 1 is 1.25 bits per heavy atom. The lowest BCUT2D eigenvalue weighted by Crippen LogP contribution is -2.37. The lowest BCUT2D eigenvalue weighted by atomic mass is 10.00. The molecule has 0 spiro atoms. The molecule has 0 unspecified atom stereocenters. The van der Waals surface area contributed by atoms with Crippen LogP contribution in [0.1, 0.15) is 16.8 Å². The van der Waals surface area contributed by atoms with E-state index in [2.05, 4.69) is 10.3 Å². The summed E-state index contributed by atoms with van der Waals surface area (Å²) < 4.78 is 0. The highest BCUT2D eigenvalue weighted by Gasteiger charge is 2.23. The van der Waals surface area contributed by atoms with Crippen LogP contribution in [0.3, 0.4) is 0 Å². The van der Waals surface area contributed by atoms with Crippen molar-refractivity contribution in [1.29, 1.82) is 0 Å². The van der Waals surface area contributed by atoms with E-state index in [0.717, 1.165) is 16.8 Å². The van der Waals surface area contributed by atoms with Crippen LogP contribution >= 0.6 is 11.6 Å². The zero-order valence-electron chi connectivity index (χ0n) is 11.0. The van der Waals surface area contributed by atoms with E-state index in [0.29, 0.717) is 24.4 Å². The molecule has 0 aliphatic carbocycles. The summed E-state index contributed by atoms with van der Waals surface area (Å²) in [4.78, 5) is 16.6. The molecule has 2 aromatic rings. The van der Waals surface area contributed by atoms with E-state index in [4.69, 9.17) is 11.6 Å². The third kappa shape index (κ3) is 2.89. The van der Waals surface area contributed by atoms with Crippen LogP contribution in [0.2, 0.25) is 5.02 Å². The van der Waals surface area contributed by atoms with Gasteiger partial charge in [0.15, 0.2) is 5.78 Å². The summed E-state index contributed by atoms with van der Waals surface area (Å²) in [5.74, 6) is 0.191. The number of nitrogens with one attached hydrogen (secondary N) is 1. The van der Waals surface area contributed by atoms with E-state index in [1.54, 1.807) is 6.20 Å². The molecule has 102 valence electrons. The molecule has 1 aliphatic rings. The molecule has 2 heterocycles. The van der Waals surface area contributed by atoms with Crippen molar-refractivity contribution in [2.75, 3.05) is 0 Å². The third-order valence-electron chi connectivity index (χ3n) is 3.60. The lowest BCUT2D eigenvalue weighted by Gasteiger charge is -2.13. The highest BCUT2D eigenvalue weighted by Crippen LogP contribution is 2.20. The Morgan fingerprint density at radius 2 is 2.15 bits per heavy atom. The highest BCUT2D eigenvalue weighted by molar-refractivity contribution is 6.30. The molecule has 0 amide bonds. The molecule has 3 nitrogen and oxygen atoms in total. The summed E-state index contributed by atoms with van der Waals surface area (Å²) in [6.07, 6.45) is 2.81. The van der Waals surface area contributed by atoms with E-state index in [9.17, 15) is 4.79 Å². The summed E-state index contributed by atoms with van der Waals surface area (Å²) in [5, 5.41) is 4.00. The van der Waals surface area contributed by atoms with Crippen molar-refractivity contribution >= 4 is 17.4 Å². The van der Waals surface area contributed by atoms with Crippen LogP contribution in [0.5, 0.6) is 0 Å². The molecule has 1 N–H and O–H groups in total. The standard InChI is InChI=1S/C16H15ClN2O/c17-13-5-4-11-10-19-15(16(20)8-12(11)7-13)9-14-3-1-2-6-18-14/h1-7,15,19H,8-10H2/t15-/m1/s1. The van der Waals surface area contributed by atoms with Gasteiger partial charge >= 0.3 is 0 Å². The van der Waals surface area contributed by atoms with Gasteiger partial charge in [-0.1, -0.05) is 23.7 Å². The molecule has 0 saturated carbocycles. The first kappa shape index (κ1) is 13.3. The summed E-state index contributed by atoms with van der Waals surface area (Å²) >= 11 is 6.00. The monoisotopic (exact) mass is 286 g/mol. The smallest absolute Gasteiger partial charge is 0.154 e. The predicted octanol–water partition coefficient (Wildman–Crippen LogP) is 2.56. The van der Waals surface area contributed by atoms with Crippen molar-refractivity contribution in [1.82, 2.24) is 10.3 Å². The molecule has 0 saturated heterocycles. The largest absolute Gasteiger partial charge is 0.303 e. The maximum absolute atomic E-state index is 12.4. The van der Waals surface area contributed by atoms with Gasteiger partial charge in [0.05, 0.1) is 6.04 Å². The van der Waals surface area contributed by atoms with E-state index in [1.165, 1.54) is 0 Å². The number of carbonyl (C=O) groups is 1. The van der Waals surface area contributed by atoms with Gasteiger partial charge in [-0.25, -0.2) is 0 Å². The maximum atomic E-state index is 12.4. The van der Waals surface area contributed by atoms with Gasteiger partial charge in [0.2, 0.25) is 0 Å². The number of Topliss-reactive ketones (excluding diaryl/α,β-unsaturated/α-hetero) is 1. The number of halogens is 1. The lowest BCUT2D eigenvalue weighted by molar-refractivity contribution is -0.120. The number of hydrogen-bond acceptors (Lipinski definition) is 3. The van der Waals surface area contributed by atoms with E-state index < -0.39 is 0 Å². The molecule has 4 heteroatoms. The minimum atomic E-state index is -0.184. The number of benzene rings is 1. The maximum Gasteiger partial charge on any atom is 0.154 e. The molecule has 0 radical (unpaired) electrons. The molecule has 0 bridgehead atoms. The Morgan fingerprint density at radius 3 is 2.95 bits per heavy atom. The molecule has 20 heavy (non-hydrogen) atoms. The molecule has 1 aliphatic heterocycles. The fourth-order valence-corrected chi connectivity index (χ4v) is 2.70. The molecule has 0 fully saturated rings. The Balaban J connectivity index is 1.79. The molecular weight excluding hydrogens is 272 g/mol. The third-order valence-corrected chi connectivity index (χ3v) is 3.84. The van der Waals surface area contributed by atoms with Crippen LogP contribution in [-0.4, -0.2) is 16.8 Å². The number of rotatable bonds is 2. The topological polar surface area (TPSA) is 42.0 Å². The quantitative estimate of drug-likeness (QED) is 0.922. The number of ketones is 1. The zero-order chi connectivity index (χ0) is 13.9. The second-order valence-electron chi connectivity index (χ2n) is 5.01. The van der Waals surface area contributed by atoms with Gasteiger partial charge in [-0.05, 0) is 35.4 Å². The second-order valence-corrected chi connectivity index (χ2v) is 5.45. The predicted molar refractivity (Wildman–Crippen MR) is 78.7 cm³/mol. The van der Waals surface area contributed by atoms with Crippen molar-refractivity contribution in [2.45, 2.75) is 25.4 Å². The molecule has 1 aromatic heterocycles. The first-order valence-corrected chi connectivity index (χ1v) is 7.03. The van der Waals surface area contributed by atoms with Crippen LogP contribution in [0.4, 0.5) is 0 Å². The van der Waals surface area contributed by atoms with Gasteiger partial charge in [-0.15, -0.1) is 0 Å². The Hall–Kier alpha value is -1.71. The van der Waals surface area contributed by atoms with Crippen molar-refractivity contribution in [3.63, 3.8) is 0 Å². The van der Waals surface area contributed by atoms with Gasteiger partial charge in [0, 0.05) is 36.3 Å². The first-order valence-electron chi connectivity index (χ1n) is 6.65. The van der Waals surface area contributed by atoms with Crippen LogP contribution in [-0.2, 0) is 24.2 Å². The minimum absolute atomic E-state index is 0.184. The van der Waals surface area contributed by atoms with Crippen molar-refractivity contribution in [3.05, 3.63) is 64.4 Å². The Kier molecular flexibility index (Phi) is 3.81. The SMILES string of the molecule is O=C1Cc2cc(Cl)ccc2CN[C@@H]1Cc1ccccn1. The number of nitrogens with zero attached hydrogens (tertiary/aromatic N) is 1. The summed E-state index contributed by atoms with van der Waals surface area (Å²) in [6, 6.07) is 11.3. The number of fused-ring (bicyclic) bond motifs is 1. The van der Waals surface area contributed by atoms with Crippen LogP contribution in [0.25, 0.3) is 0 Å².